The van der Waals surface area contributed by atoms with Gasteiger partial charge in [-0.2, -0.15) is 0 Å². The van der Waals surface area contributed by atoms with Gasteiger partial charge in [0.1, 0.15) is 0 Å². The number of benzene rings is 3. The quantitative estimate of drug-likeness (QED) is 0.643. The summed E-state index contributed by atoms with van der Waals surface area (Å²) in [5.74, 6) is -0.800. The molecule has 0 bridgehead atoms. The maximum atomic E-state index is 13.6. The van der Waals surface area contributed by atoms with Gasteiger partial charge in [0, 0.05) is 12.1 Å². The first-order valence-electron chi connectivity index (χ1n) is 9.58. The summed E-state index contributed by atoms with van der Waals surface area (Å²) in [6, 6.07) is 27.0. The van der Waals surface area contributed by atoms with Crippen molar-refractivity contribution >= 4 is 11.8 Å². The Morgan fingerprint density at radius 3 is 2.21 bits per heavy atom. The number of nitrogens with zero attached hydrogens (tertiary/aromatic N) is 2. The normalized spacial score (nSPS) is 21.3. The number of rotatable bonds is 2. The smallest absolute Gasteiger partial charge is 0.272 e. The second-order valence-corrected chi connectivity index (χ2v) is 7.27. The van der Waals surface area contributed by atoms with Crippen LogP contribution in [0, 0.1) is 0 Å². The van der Waals surface area contributed by atoms with Crippen LogP contribution in [0.2, 0.25) is 0 Å². The monoisotopic (exact) mass is 368 g/mol. The van der Waals surface area contributed by atoms with Crippen LogP contribution in [0.15, 0.2) is 84.9 Å². The van der Waals surface area contributed by atoms with Crippen molar-refractivity contribution in [1.29, 1.82) is 0 Å². The molecule has 0 saturated carbocycles. The molecule has 0 unspecified atom stereocenters. The third-order valence-corrected chi connectivity index (χ3v) is 5.72. The van der Waals surface area contributed by atoms with Crippen LogP contribution in [0.25, 0.3) is 0 Å². The number of hydrazine groups is 1. The number of imide groups is 1. The van der Waals surface area contributed by atoms with Gasteiger partial charge in [0.25, 0.3) is 11.8 Å². The molecule has 0 radical (unpaired) electrons. The first kappa shape index (κ1) is 16.9. The molecule has 138 valence electrons. The van der Waals surface area contributed by atoms with Crippen LogP contribution in [0.5, 0.6) is 0 Å². The topological polar surface area (TPSA) is 40.6 Å². The highest BCUT2D eigenvalue weighted by atomic mass is 16.2. The Hall–Kier alpha value is -3.24. The molecule has 0 N–H and O–H groups in total. The van der Waals surface area contributed by atoms with Gasteiger partial charge >= 0.3 is 0 Å². The molecule has 2 atom stereocenters. The Bertz CT molecular complexity index is 1030. The highest BCUT2D eigenvalue weighted by Gasteiger charge is 2.52. The average Bonchev–Trinajstić information content (AvgIpc) is 3.06. The Labute approximate surface area is 164 Å². The Morgan fingerprint density at radius 1 is 0.821 bits per heavy atom. The third kappa shape index (κ3) is 2.57. The SMILES string of the molecule is O=C(c1ccccc1)N1C(=O)[C@H](c2ccccc2)[C@H]2c3ccccc3CCN21. The lowest BCUT2D eigenvalue weighted by Gasteiger charge is -2.36. The number of hydrogen-bond donors (Lipinski definition) is 0. The van der Waals surface area contributed by atoms with E-state index in [9.17, 15) is 9.59 Å². The lowest BCUT2D eigenvalue weighted by molar-refractivity contribution is -0.134. The van der Waals surface area contributed by atoms with Gasteiger partial charge in [-0.1, -0.05) is 72.8 Å². The van der Waals surface area contributed by atoms with Gasteiger partial charge in [0.15, 0.2) is 0 Å². The van der Waals surface area contributed by atoms with Gasteiger partial charge in [0.05, 0.1) is 12.0 Å². The van der Waals surface area contributed by atoms with E-state index >= 15 is 0 Å². The summed E-state index contributed by atoms with van der Waals surface area (Å²) < 4.78 is 0. The summed E-state index contributed by atoms with van der Waals surface area (Å²) >= 11 is 0. The second-order valence-electron chi connectivity index (χ2n) is 7.27. The molecule has 5 rings (SSSR count). The summed E-state index contributed by atoms with van der Waals surface area (Å²) in [5, 5.41) is 3.35. The minimum absolute atomic E-state index is 0.151. The summed E-state index contributed by atoms with van der Waals surface area (Å²) in [7, 11) is 0. The zero-order chi connectivity index (χ0) is 19.1. The largest absolute Gasteiger partial charge is 0.275 e. The highest BCUT2D eigenvalue weighted by Crippen LogP contribution is 2.47. The van der Waals surface area contributed by atoms with Gasteiger partial charge in [-0.3, -0.25) is 9.59 Å². The van der Waals surface area contributed by atoms with E-state index in [4.69, 9.17) is 0 Å². The first-order valence-corrected chi connectivity index (χ1v) is 9.58. The van der Waals surface area contributed by atoms with Crippen LogP contribution < -0.4 is 0 Å². The fourth-order valence-corrected chi connectivity index (χ4v) is 4.46. The van der Waals surface area contributed by atoms with E-state index in [1.54, 1.807) is 12.1 Å². The van der Waals surface area contributed by atoms with Gasteiger partial charge in [-0.25, -0.2) is 10.0 Å². The van der Waals surface area contributed by atoms with E-state index in [2.05, 4.69) is 12.1 Å². The predicted molar refractivity (Wildman–Crippen MR) is 106 cm³/mol. The minimum Gasteiger partial charge on any atom is -0.272 e. The van der Waals surface area contributed by atoms with Crippen molar-refractivity contribution in [2.24, 2.45) is 0 Å². The highest BCUT2D eigenvalue weighted by molar-refractivity contribution is 6.07. The predicted octanol–water partition coefficient (Wildman–Crippen LogP) is 3.97. The third-order valence-electron chi connectivity index (χ3n) is 5.72. The number of carbonyl (C=O) groups is 2. The molecular formula is C24H20N2O2. The molecule has 4 heteroatoms. The van der Waals surface area contributed by atoms with Crippen LogP contribution in [0.1, 0.15) is 39.0 Å². The number of hydrogen-bond acceptors (Lipinski definition) is 3. The molecule has 28 heavy (non-hydrogen) atoms. The van der Waals surface area contributed by atoms with Crippen LogP contribution >= 0.6 is 0 Å². The fourth-order valence-electron chi connectivity index (χ4n) is 4.46. The van der Waals surface area contributed by atoms with Crippen molar-refractivity contribution in [3.8, 4) is 0 Å². The maximum absolute atomic E-state index is 13.6. The van der Waals surface area contributed by atoms with Crippen molar-refractivity contribution in [3.63, 3.8) is 0 Å². The van der Waals surface area contributed by atoms with E-state index in [0.29, 0.717) is 12.1 Å². The van der Waals surface area contributed by atoms with Gasteiger partial charge in [-0.05, 0) is 35.2 Å². The molecule has 3 aromatic rings. The fraction of sp³-hybridized carbons (Fsp3) is 0.167. The van der Waals surface area contributed by atoms with Crippen molar-refractivity contribution in [3.05, 3.63) is 107 Å². The molecule has 0 spiro atoms. The maximum Gasteiger partial charge on any atom is 0.275 e. The van der Waals surface area contributed by atoms with Crippen LogP contribution in [-0.2, 0) is 11.2 Å². The lowest BCUT2D eigenvalue weighted by atomic mass is 9.83. The van der Waals surface area contributed by atoms with Gasteiger partial charge < -0.3 is 0 Å². The molecule has 0 aliphatic carbocycles. The van der Waals surface area contributed by atoms with Crippen molar-refractivity contribution in [1.82, 2.24) is 10.0 Å². The molecule has 2 amide bonds. The van der Waals surface area contributed by atoms with E-state index in [1.807, 2.05) is 65.7 Å². The molecule has 2 aliphatic rings. The molecule has 2 heterocycles. The molecule has 3 aromatic carbocycles. The molecule has 4 nitrogen and oxygen atoms in total. The van der Waals surface area contributed by atoms with Crippen LogP contribution in [0.4, 0.5) is 0 Å². The molecular weight excluding hydrogens is 348 g/mol. The minimum atomic E-state index is -0.393. The van der Waals surface area contributed by atoms with Crippen LogP contribution in [0.3, 0.4) is 0 Å². The van der Waals surface area contributed by atoms with E-state index in [1.165, 1.54) is 10.6 Å². The van der Waals surface area contributed by atoms with Gasteiger partial charge in [-0.15, -0.1) is 0 Å². The molecule has 0 aromatic heterocycles. The first-order chi connectivity index (χ1) is 13.8. The van der Waals surface area contributed by atoms with Crippen molar-refractivity contribution in [2.45, 2.75) is 18.4 Å². The molecule has 1 fully saturated rings. The Balaban J connectivity index is 1.64. The van der Waals surface area contributed by atoms with Crippen molar-refractivity contribution in [2.75, 3.05) is 6.54 Å². The van der Waals surface area contributed by atoms with Gasteiger partial charge in [0.2, 0.25) is 0 Å². The van der Waals surface area contributed by atoms with E-state index in [0.717, 1.165) is 17.5 Å². The molecule has 1 saturated heterocycles. The van der Waals surface area contributed by atoms with E-state index in [-0.39, 0.29) is 17.9 Å². The van der Waals surface area contributed by atoms with Crippen molar-refractivity contribution < 1.29 is 9.59 Å². The van der Waals surface area contributed by atoms with Crippen LogP contribution in [-0.4, -0.2) is 28.4 Å². The Morgan fingerprint density at radius 2 is 1.46 bits per heavy atom. The summed E-state index contributed by atoms with van der Waals surface area (Å²) in [4.78, 5) is 26.8. The summed E-state index contributed by atoms with van der Waals surface area (Å²) in [6.07, 6.45) is 0.819. The Kier molecular flexibility index (Phi) is 4.06. The average molecular weight is 368 g/mol. The zero-order valence-corrected chi connectivity index (χ0v) is 15.4. The standard InChI is InChI=1S/C24H20N2O2/c27-23(19-12-5-2-6-13-19)26-24(28)21(18-10-3-1-4-11-18)22-20-14-8-7-9-17(20)15-16-25(22)26/h1-14,21-22H,15-16H2/t21-,22-/m1/s1. The number of carbonyl (C=O) groups excluding carboxylic acids is 2. The molecule has 2 aliphatic heterocycles. The number of fused-ring (bicyclic) bond motifs is 3. The number of amides is 2. The zero-order valence-electron chi connectivity index (χ0n) is 15.4. The second kappa shape index (κ2) is 6.73. The summed E-state index contributed by atoms with van der Waals surface area (Å²) in [6.45, 7) is 0.648. The summed E-state index contributed by atoms with van der Waals surface area (Å²) in [5.41, 5.74) is 3.87. The lowest BCUT2D eigenvalue weighted by Crippen LogP contribution is -2.46. The van der Waals surface area contributed by atoms with E-state index < -0.39 is 5.92 Å².